The van der Waals surface area contributed by atoms with Crippen LogP contribution in [0.4, 0.5) is 0 Å². The molecule has 2 N–H and O–H groups in total. The Morgan fingerprint density at radius 2 is 1.35 bits per heavy atom. The molecule has 2 nitrogen and oxygen atoms in total. The number of allylic oxidation sites excluding steroid dienone is 1. The van der Waals surface area contributed by atoms with Gasteiger partial charge < -0.3 is 0 Å². The maximum atomic E-state index is 9.72. The smallest absolute Gasteiger partial charge is 0.0763 e. The zero-order chi connectivity index (χ0) is 17.8. The SMILES string of the molecule is ONC(=C1CC1)C(Sc1ccc(-c2ccccc2)cc1)c1ccccc1. The van der Waals surface area contributed by atoms with Crippen LogP contribution in [0.2, 0.25) is 0 Å². The Kier molecular flexibility index (Phi) is 5.09. The van der Waals surface area contributed by atoms with E-state index in [2.05, 4.69) is 66.1 Å². The van der Waals surface area contributed by atoms with Crippen molar-refractivity contribution >= 4 is 11.8 Å². The van der Waals surface area contributed by atoms with Gasteiger partial charge in [-0.2, -0.15) is 0 Å². The van der Waals surface area contributed by atoms with Crippen LogP contribution >= 0.6 is 11.8 Å². The van der Waals surface area contributed by atoms with Crippen LogP contribution in [-0.4, -0.2) is 5.21 Å². The van der Waals surface area contributed by atoms with Crippen LogP contribution in [0.1, 0.15) is 23.7 Å². The minimum absolute atomic E-state index is 0.0706. The van der Waals surface area contributed by atoms with Gasteiger partial charge in [-0.05, 0) is 47.2 Å². The first-order chi connectivity index (χ1) is 12.8. The van der Waals surface area contributed by atoms with E-state index in [1.54, 1.807) is 11.8 Å². The van der Waals surface area contributed by atoms with Gasteiger partial charge in [0.15, 0.2) is 0 Å². The highest BCUT2D eigenvalue weighted by atomic mass is 32.2. The van der Waals surface area contributed by atoms with Gasteiger partial charge >= 0.3 is 0 Å². The predicted octanol–water partition coefficient (Wildman–Crippen LogP) is 6.21. The molecule has 0 aromatic heterocycles. The lowest BCUT2D eigenvalue weighted by Gasteiger charge is -2.20. The van der Waals surface area contributed by atoms with Crippen molar-refractivity contribution in [3.05, 3.63) is 102 Å². The van der Waals surface area contributed by atoms with E-state index < -0.39 is 0 Å². The number of nitrogens with one attached hydrogen (secondary N) is 1. The molecule has 0 bridgehead atoms. The van der Waals surface area contributed by atoms with E-state index in [0.29, 0.717) is 0 Å². The normalized spacial score (nSPS) is 14.0. The fourth-order valence-corrected chi connectivity index (χ4v) is 4.26. The number of hydroxylamine groups is 1. The summed E-state index contributed by atoms with van der Waals surface area (Å²) in [6, 6.07) is 29.4. The number of hydrogen-bond donors (Lipinski definition) is 2. The zero-order valence-electron chi connectivity index (χ0n) is 14.4. The van der Waals surface area contributed by atoms with Crippen molar-refractivity contribution in [3.8, 4) is 11.1 Å². The third-order valence-corrected chi connectivity index (χ3v) is 5.87. The largest absolute Gasteiger partial charge is 0.291 e. The van der Waals surface area contributed by atoms with Gasteiger partial charge in [0.1, 0.15) is 0 Å². The van der Waals surface area contributed by atoms with Crippen LogP contribution in [-0.2, 0) is 0 Å². The molecular formula is C23H21NOS. The van der Waals surface area contributed by atoms with Gasteiger partial charge in [-0.3, -0.25) is 10.7 Å². The van der Waals surface area contributed by atoms with Crippen LogP contribution < -0.4 is 5.48 Å². The van der Waals surface area contributed by atoms with Crippen molar-refractivity contribution in [2.45, 2.75) is 23.0 Å². The number of hydrogen-bond acceptors (Lipinski definition) is 3. The Hall–Kier alpha value is -2.49. The lowest BCUT2D eigenvalue weighted by atomic mass is 10.1. The Labute approximate surface area is 158 Å². The summed E-state index contributed by atoms with van der Waals surface area (Å²) in [7, 11) is 0. The molecule has 130 valence electrons. The summed E-state index contributed by atoms with van der Waals surface area (Å²) in [6.45, 7) is 0. The molecule has 3 heteroatoms. The fraction of sp³-hybridized carbons (Fsp3) is 0.130. The summed E-state index contributed by atoms with van der Waals surface area (Å²) in [4.78, 5) is 1.19. The molecule has 3 aromatic carbocycles. The maximum Gasteiger partial charge on any atom is 0.0763 e. The minimum atomic E-state index is 0.0706. The van der Waals surface area contributed by atoms with Gasteiger partial charge in [0.2, 0.25) is 0 Å². The van der Waals surface area contributed by atoms with E-state index in [9.17, 15) is 5.21 Å². The van der Waals surface area contributed by atoms with Crippen LogP contribution in [0.25, 0.3) is 11.1 Å². The Morgan fingerprint density at radius 3 is 1.92 bits per heavy atom. The molecular weight excluding hydrogens is 338 g/mol. The summed E-state index contributed by atoms with van der Waals surface area (Å²) >= 11 is 1.77. The number of benzene rings is 3. The summed E-state index contributed by atoms with van der Waals surface area (Å²) < 4.78 is 0. The third kappa shape index (κ3) is 3.85. The first-order valence-electron chi connectivity index (χ1n) is 8.84. The van der Waals surface area contributed by atoms with Crippen molar-refractivity contribution in [1.29, 1.82) is 0 Å². The molecule has 1 fully saturated rings. The van der Waals surface area contributed by atoms with E-state index in [-0.39, 0.29) is 5.25 Å². The van der Waals surface area contributed by atoms with E-state index in [4.69, 9.17) is 0 Å². The van der Waals surface area contributed by atoms with Crippen LogP contribution in [0, 0.1) is 0 Å². The van der Waals surface area contributed by atoms with Crippen molar-refractivity contribution in [2.75, 3.05) is 0 Å². The van der Waals surface area contributed by atoms with Crippen LogP contribution in [0.15, 0.2) is 101 Å². The first-order valence-corrected chi connectivity index (χ1v) is 9.72. The van der Waals surface area contributed by atoms with Gasteiger partial charge in [-0.15, -0.1) is 11.8 Å². The predicted molar refractivity (Wildman–Crippen MR) is 108 cm³/mol. The Morgan fingerprint density at radius 1 is 0.769 bits per heavy atom. The van der Waals surface area contributed by atoms with Crippen molar-refractivity contribution in [2.24, 2.45) is 0 Å². The number of thioether (sulfide) groups is 1. The van der Waals surface area contributed by atoms with Crippen molar-refractivity contribution < 1.29 is 5.21 Å². The molecule has 1 aliphatic carbocycles. The Bertz CT molecular complexity index is 883. The molecule has 0 amide bonds. The van der Waals surface area contributed by atoms with Gasteiger partial charge in [0.25, 0.3) is 0 Å². The van der Waals surface area contributed by atoms with E-state index in [1.165, 1.54) is 27.2 Å². The molecule has 0 heterocycles. The summed E-state index contributed by atoms with van der Waals surface area (Å²) in [5.74, 6) is 0. The second-order valence-corrected chi connectivity index (χ2v) is 7.61. The Balaban J connectivity index is 1.61. The second-order valence-electron chi connectivity index (χ2n) is 6.43. The highest BCUT2D eigenvalue weighted by Gasteiger charge is 2.26. The summed E-state index contributed by atoms with van der Waals surface area (Å²) in [5.41, 5.74) is 8.37. The molecule has 1 saturated carbocycles. The highest BCUT2D eigenvalue weighted by Crippen LogP contribution is 2.45. The third-order valence-electron chi connectivity index (χ3n) is 4.58. The lowest BCUT2D eigenvalue weighted by Crippen LogP contribution is -2.14. The average Bonchev–Trinajstić information content (AvgIpc) is 3.55. The first kappa shape index (κ1) is 17.0. The molecule has 0 saturated heterocycles. The lowest BCUT2D eigenvalue weighted by molar-refractivity contribution is 0.196. The molecule has 26 heavy (non-hydrogen) atoms. The molecule has 1 atom stereocenters. The van der Waals surface area contributed by atoms with E-state index >= 15 is 0 Å². The maximum absolute atomic E-state index is 9.72. The molecule has 1 unspecified atom stereocenters. The molecule has 4 rings (SSSR count). The minimum Gasteiger partial charge on any atom is -0.291 e. The average molecular weight is 359 g/mol. The van der Waals surface area contributed by atoms with Crippen LogP contribution in [0.5, 0.6) is 0 Å². The van der Waals surface area contributed by atoms with E-state index in [0.717, 1.165) is 18.5 Å². The monoisotopic (exact) mass is 359 g/mol. The second kappa shape index (κ2) is 7.81. The zero-order valence-corrected chi connectivity index (χ0v) is 15.2. The van der Waals surface area contributed by atoms with Crippen molar-refractivity contribution in [3.63, 3.8) is 0 Å². The van der Waals surface area contributed by atoms with Gasteiger partial charge in [0.05, 0.1) is 10.9 Å². The quantitative estimate of drug-likeness (QED) is 0.405. The molecule has 0 aliphatic heterocycles. The van der Waals surface area contributed by atoms with Crippen molar-refractivity contribution in [1.82, 2.24) is 5.48 Å². The molecule has 0 spiro atoms. The summed E-state index contributed by atoms with van der Waals surface area (Å²) in [5, 5.41) is 9.79. The topological polar surface area (TPSA) is 32.3 Å². The van der Waals surface area contributed by atoms with Gasteiger partial charge in [-0.25, -0.2) is 0 Å². The molecule has 0 radical (unpaired) electrons. The number of rotatable bonds is 6. The fourth-order valence-electron chi connectivity index (χ4n) is 3.07. The molecule has 3 aromatic rings. The van der Waals surface area contributed by atoms with Gasteiger partial charge in [0, 0.05) is 4.90 Å². The standard InChI is InChI=1S/C23H21NOS/c25-24-22(19-11-12-19)23(20-9-5-2-6-10-20)26-21-15-13-18(14-16-21)17-7-3-1-4-8-17/h1-10,13-16,23-25H,11-12H2. The highest BCUT2D eigenvalue weighted by molar-refractivity contribution is 7.99. The summed E-state index contributed by atoms with van der Waals surface area (Å²) in [6.07, 6.45) is 2.14. The van der Waals surface area contributed by atoms with Gasteiger partial charge in [-0.1, -0.05) is 72.8 Å². The van der Waals surface area contributed by atoms with E-state index in [1.807, 2.05) is 24.3 Å². The molecule has 1 aliphatic rings. The van der Waals surface area contributed by atoms with Crippen LogP contribution in [0.3, 0.4) is 0 Å².